The molecule has 0 spiro atoms. The zero-order valence-electron chi connectivity index (χ0n) is 15.1. The van der Waals surface area contributed by atoms with Gasteiger partial charge in [-0.2, -0.15) is 9.40 Å². The number of amides is 2. The SMILES string of the molecule is CCn1c(CNC(=O)c2ccc(S(=O)(=O)N3CCNC(=O)C3)cc2)n[nH]c1=S. The molecule has 2 amide bonds. The molecule has 0 atom stereocenters. The molecule has 10 nitrogen and oxygen atoms in total. The van der Waals surface area contributed by atoms with Crippen molar-refractivity contribution in [2.45, 2.75) is 24.9 Å². The molecule has 0 bridgehead atoms. The minimum atomic E-state index is -3.79. The maximum absolute atomic E-state index is 12.6. The lowest BCUT2D eigenvalue weighted by molar-refractivity contribution is -0.122. The van der Waals surface area contributed by atoms with Crippen LogP contribution in [0.25, 0.3) is 0 Å². The molecule has 1 aromatic heterocycles. The van der Waals surface area contributed by atoms with Gasteiger partial charge in [-0.1, -0.05) is 0 Å². The largest absolute Gasteiger partial charge is 0.354 e. The van der Waals surface area contributed by atoms with Gasteiger partial charge in [-0.3, -0.25) is 14.7 Å². The summed E-state index contributed by atoms with van der Waals surface area (Å²) in [6.07, 6.45) is 0. The summed E-state index contributed by atoms with van der Waals surface area (Å²) in [4.78, 5) is 23.8. The Kier molecular flexibility index (Phi) is 5.91. The fourth-order valence-electron chi connectivity index (χ4n) is 2.82. The number of H-pyrrole nitrogens is 1. The average Bonchev–Trinajstić information content (AvgIpc) is 3.05. The van der Waals surface area contributed by atoms with Crippen molar-refractivity contribution in [1.82, 2.24) is 29.7 Å². The summed E-state index contributed by atoms with van der Waals surface area (Å²) in [5, 5.41) is 12.1. The molecular formula is C16H20N6O4S2. The van der Waals surface area contributed by atoms with Crippen LogP contribution in [-0.4, -0.2) is 58.9 Å². The van der Waals surface area contributed by atoms with Gasteiger partial charge < -0.3 is 15.2 Å². The van der Waals surface area contributed by atoms with Crippen LogP contribution in [-0.2, 0) is 27.9 Å². The summed E-state index contributed by atoms with van der Waals surface area (Å²) in [6, 6.07) is 5.59. The summed E-state index contributed by atoms with van der Waals surface area (Å²) in [7, 11) is -3.79. The monoisotopic (exact) mass is 424 g/mol. The molecule has 0 aliphatic carbocycles. The second kappa shape index (κ2) is 8.20. The van der Waals surface area contributed by atoms with Crippen LogP contribution in [0.15, 0.2) is 29.2 Å². The Labute approximate surface area is 167 Å². The number of carbonyl (C=O) groups is 2. The first-order valence-corrected chi connectivity index (χ1v) is 10.5. The molecule has 1 saturated heterocycles. The Hall–Kier alpha value is -2.57. The maximum atomic E-state index is 12.6. The van der Waals surface area contributed by atoms with Gasteiger partial charge in [-0.05, 0) is 43.4 Å². The first kappa shape index (κ1) is 20.2. The number of benzene rings is 1. The van der Waals surface area contributed by atoms with Crippen LogP contribution in [0.2, 0.25) is 0 Å². The minimum Gasteiger partial charge on any atom is -0.354 e. The predicted octanol–water partition coefficient (Wildman–Crippen LogP) is 0.0111. The Balaban J connectivity index is 1.68. The molecule has 0 saturated carbocycles. The zero-order valence-corrected chi connectivity index (χ0v) is 16.8. The van der Waals surface area contributed by atoms with E-state index in [1.807, 2.05) is 6.92 Å². The van der Waals surface area contributed by atoms with Gasteiger partial charge in [-0.15, -0.1) is 0 Å². The van der Waals surface area contributed by atoms with Crippen LogP contribution in [0.4, 0.5) is 0 Å². The highest BCUT2D eigenvalue weighted by molar-refractivity contribution is 7.89. The van der Waals surface area contributed by atoms with Gasteiger partial charge >= 0.3 is 0 Å². The number of aromatic nitrogens is 3. The third-order valence-corrected chi connectivity index (χ3v) is 6.49. The molecule has 3 N–H and O–H groups in total. The van der Waals surface area contributed by atoms with Gasteiger partial charge in [0.15, 0.2) is 10.6 Å². The van der Waals surface area contributed by atoms with Crippen LogP contribution < -0.4 is 10.6 Å². The van der Waals surface area contributed by atoms with Gasteiger partial charge in [0.25, 0.3) is 5.91 Å². The van der Waals surface area contributed by atoms with Gasteiger partial charge in [0, 0.05) is 25.2 Å². The van der Waals surface area contributed by atoms with Crippen molar-refractivity contribution < 1.29 is 18.0 Å². The maximum Gasteiger partial charge on any atom is 0.251 e. The molecule has 12 heteroatoms. The third kappa shape index (κ3) is 4.13. The topological polar surface area (TPSA) is 129 Å². The number of nitrogens with one attached hydrogen (secondary N) is 3. The van der Waals surface area contributed by atoms with E-state index in [0.29, 0.717) is 22.7 Å². The van der Waals surface area contributed by atoms with Crippen molar-refractivity contribution in [1.29, 1.82) is 0 Å². The number of piperazine rings is 1. The number of sulfonamides is 1. The van der Waals surface area contributed by atoms with Gasteiger partial charge in [0.1, 0.15) is 0 Å². The second-order valence-electron chi connectivity index (χ2n) is 6.08. The van der Waals surface area contributed by atoms with Crippen LogP contribution in [0.1, 0.15) is 23.1 Å². The summed E-state index contributed by atoms with van der Waals surface area (Å²) >= 11 is 5.10. The number of nitrogens with zero attached hydrogens (tertiary/aromatic N) is 3. The average molecular weight is 425 g/mol. The summed E-state index contributed by atoms with van der Waals surface area (Å²) in [5.74, 6) is -0.1000. The van der Waals surface area contributed by atoms with Crippen molar-refractivity contribution in [3.63, 3.8) is 0 Å². The van der Waals surface area contributed by atoms with Gasteiger partial charge in [0.05, 0.1) is 18.0 Å². The summed E-state index contributed by atoms with van der Waals surface area (Å²) in [5.41, 5.74) is 0.313. The van der Waals surface area contributed by atoms with E-state index in [2.05, 4.69) is 20.8 Å². The first-order chi connectivity index (χ1) is 13.3. The standard InChI is InChI=1S/C16H20N6O4S2/c1-2-22-13(19-20-16(22)27)9-18-15(24)11-3-5-12(6-4-11)28(25,26)21-8-7-17-14(23)10-21/h3-6H,2,7-10H2,1H3,(H,17,23)(H,18,24)(H,20,27). The number of carbonyl (C=O) groups excluding carboxylic acids is 2. The lowest BCUT2D eigenvalue weighted by atomic mass is 10.2. The van der Waals surface area contributed by atoms with Crippen molar-refractivity contribution in [2.24, 2.45) is 0 Å². The van der Waals surface area contributed by atoms with Crippen molar-refractivity contribution >= 4 is 34.1 Å². The molecular weight excluding hydrogens is 404 g/mol. The van der Waals surface area contributed by atoms with E-state index in [-0.39, 0.29) is 42.9 Å². The lowest BCUT2D eigenvalue weighted by Crippen LogP contribution is -2.49. The zero-order chi connectivity index (χ0) is 20.3. The molecule has 2 heterocycles. The number of rotatable bonds is 6. The molecule has 1 fully saturated rings. The first-order valence-electron chi connectivity index (χ1n) is 8.62. The highest BCUT2D eigenvalue weighted by atomic mass is 32.2. The van der Waals surface area contributed by atoms with Gasteiger partial charge in [0.2, 0.25) is 15.9 Å². The number of aromatic amines is 1. The van der Waals surface area contributed by atoms with Crippen LogP contribution in [0.3, 0.4) is 0 Å². The molecule has 1 aliphatic heterocycles. The van der Waals surface area contributed by atoms with E-state index in [1.54, 1.807) is 4.57 Å². The molecule has 0 unspecified atom stereocenters. The Morgan fingerprint density at radius 1 is 1.32 bits per heavy atom. The third-order valence-electron chi connectivity index (χ3n) is 4.32. The van der Waals surface area contributed by atoms with Crippen molar-refractivity contribution in [3.8, 4) is 0 Å². The van der Waals surface area contributed by atoms with E-state index < -0.39 is 10.0 Å². The molecule has 150 valence electrons. The van der Waals surface area contributed by atoms with Crippen LogP contribution in [0.5, 0.6) is 0 Å². The molecule has 2 aromatic rings. The minimum absolute atomic E-state index is 0.0330. The number of hydrogen-bond acceptors (Lipinski definition) is 6. The van der Waals surface area contributed by atoms with E-state index in [9.17, 15) is 18.0 Å². The lowest BCUT2D eigenvalue weighted by Gasteiger charge is -2.25. The highest BCUT2D eigenvalue weighted by Crippen LogP contribution is 2.17. The normalized spacial score (nSPS) is 15.2. The van der Waals surface area contributed by atoms with E-state index >= 15 is 0 Å². The fourth-order valence-corrected chi connectivity index (χ4v) is 4.50. The van der Waals surface area contributed by atoms with E-state index in [1.165, 1.54) is 24.3 Å². The van der Waals surface area contributed by atoms with E-state index in [0.717, 1.165) is 4.31 Å². The van der Waals surface area contributed by atoms with Crippen molar-refractivity contribution in [3.05, 3.63) is 40.4 Å². The highest BCUT2D eigenvalue weighted by Gasteiger charge is 2.29. The molecule has 28 heavy (non-hydrogen) atoms. The number of hydrogen-bond donors (Lipinski definition) is 3. The predicted molar refractivity (Wildman–Crippen MR) is 102 cm³/mol. The smallest absolute Gasteiger partial charge is 0.251 e. The quantitative estimate of drug-likeness (QED) is 0.560. The summed E-state index contributed by atoms with van der Waals surface area (Å²) < 4.78 is 28.6. The summed E-state index contributed by atoms with van der Waals surface area (Å²) in [6.45, 7) is 3.00. The molecule has 3 rings (SSSR count). The molecule has 0 radical (unpaired) electrons. The van der Waals surface area contributed by atoms with Gasteiger partial charge in [-0.25, -0.2) is 8.42 Å². The van der Waals surface area contributed by atoms with Crippen LogP contribution in [0, 0.1) is 4.77 Å². The Morgan fingerprint density at radius 2 is 2.04 bits per heavy atom. The van der Waals surface area contributed by atoms with E-state index in [4.69, 9.17) is 12.2 Å². The molecule has 1 aliphatic rings. The second-order valence-corrected chi connectivity index (χ2v) is 8.41. The molecule has 1 aromatic carbocycles. The van der Waals surface area contributed by atoms with Crippen molar-refractivity contribution in [2.75, 3.05) is 19.6 Å². The Morgan fingerprint density at radius 3 is 2.68 bits per heavy atom. The Bertz CT molecular complexity index is 1040. The fraction of sp³-hybridized carbons (Fsp3) is 0.375. The van der Waals surface area contributed by atoms with Crippen LogP contribution >= 0.6 is 12.2 Å².